The molecule has 2 aromatic rings. The molecular formula is C18H18F2N2O2. The van der Waals surface area contributed by atoms with Crippen LogP contribution in [0, 0.1) is 11.6 Å². The van der Waals surface area contributed by atoms with Crippen molar-refractivity contribution in [1.82, 2.24) is 10.2 Å². The van der Waals surface area contributed by atoms with Crippen molar-refractivity contribution in [2.75, 3.05) is 13.1 Å². The van der Waals surface area contributed by atoms with Crippen LogP contribution < -0.4 is 5.32 Å². The molecule has 2 amide bonds. The summed E-state index contributed by atoms with van der Waals surface area (Å²) in [4.78, 5) is 25.2. The molecule has 2 aromatic carbocycles. The summed E-state index contributed by atoms with van der Waals surface area (Å²) in [6.45, 7) is 2.43. The van der Waals surface area contributed by atoms with E-state index in [1.807, 2.05) is 30.3 Å². The molecule has 4 nitrogen and oxygen atoms in total. The van der Waals surface area contributed by atoms with Crippen LogP contribution in [-0.4, -0.2) is 29.8 Å². The molecule has 24 heavy (non-hydrogen) atoms. The van der Waals surface area contributed by atoms with Crippen molar-refractivity contribution < 1.29 is 18.4 Å². The molecule has 0 bridgehead atoms. The number of halogens is 2. The quantitative estimate of drug-likeness (QED) is 0.884. The molecule has 2 rings (SSSR count). The summed E-state index contributed by atoms with van der Waals surface area (Å²) in [5.41, 5.74) is 1.02. The Morgan fingerprint density at radius 2 is 1.75 bits per heavy atom. The van der Waals surface area contributed by atoms with E-state index >= 15 is 0 Å². The highest BCUT2D eigenvalue weighted by molar-refractivity contribution is 5.94. The maximum absolute atomic E-state index is 13.1. The molecule has 0 fully saturated rings. The van der Waals surface area contributed by atoms with Crippen molar-refractivity contribution in [3.8, 4) is 0 Å². The molecule has 1 N–H and O–H groups in total. The zero-order valence-electron chi connectivity index (χ0n) is 13.3. The van der Waals surface area contributed by atoms with Gasteiger partial charge in [0.05, 0.1) is 0 Å². The molecule has 0 aliphatic rings. The Morgan fingerprint density at radius 1 is 1.04 bits per heavy atom. The second-order valence-electron chi connectivity index (χ2n) is 5.31. The van der Waals surface area contributed by atoms with Crippen LogP contribution in [0.1, 0.15) is 22.8 Å². The van der Waals surface area contributed by atoms with Gasteiger partial charge in [-0.2, -0.15) is 0 Å². The number of nitrogens with zero attached hydrogens (tertiary/aromatic N) is 1. The van der Waals surface area contributed by atoms with Gasteiger partial charge >= 0.3 is 0 Å². The lowest BCUT2D eigenvalue weighted by Gasteiger charge is -2.21. The Balaban J connectivity index is 1.89. The van der Waals surface area contributed by atoms with Crippen LogP contribution in [0.15, 0.2) is 48.5 Å². The Bertz CT molecular complexity index is 720. The molecule has 6 heteroatoms. The fraction of sp³-hybridized carbons (Fsp3) is 0.222. The van der Waals surface area contributed by atoms with E-state index in [-0.39, 0.29) is 18.0 Å². The van der Waals surface area contributed by atoms with Crippen molar-refractivity contribution in [3.63, 3.8) is 0 Å². The Morgan fingerprint density at radius 3 is 2.38 bits per heavy atom. The minimum absolute atomic E-state index is 0.0336. The molecule has 0 radical (unpaired) electrons. The lowest BCUT2D eigenvalue weighted by atomic mass is 10.2. The molecule has 0 saturated carbocycles. The molecule has 0 aliphatic carbocycles. The summed E-state index contributed by atoms with van der Waals surface area (Å²) in [5.74, 6) is -2.70. The van der Waals surface area contributed by atoms with E-state index in [9.17, 15) is 18.4 Å². The van der Waals surface area contributed by atoms with Gasteiger partial charge in [0.15, 0.2) is 11.6 Å². The third kappa shape index (κ3) is 4.87. The van der Waals surface area contributed by atoms with Crippen molar-refractivity contribution >= 4 is 11.8 Å². The lowest BCUT2D eigenvalue weighted by Crippen LogP contribution is -2.37. The summed E-state index contributed by atoms with van der Waals surface area (Å²) in [6.07, 6.45) is 0. The van der Waals surface area contributed by atoms with E-state index in [4.69, 9.17) is 0 Å². The van der Waals surface area contributed by atoms with Gasteiger partial charge in [0.1, 0.15) is 0 Å². The predicted molar refractivity (Wildman–Crippen MR) is 86.2 cm³/mol. The molecule has 0 atom stereocenters. The van der Waals surface area contributed by atoms with E-state index in [2.05, 4.69) is 5.32 Å². The summed E-state index contributed by atoms with van der Waals surface area (Å²) < 4.78 is 26.0. The van der Waals surface area contributed by atoms with Crippen LogP contribution in [0.25, 0.3) is 0 Å². The fourth-order valence-corrected chi connectivity index (χ4v) is 2.20. The highest BCUT2D eigenvalue weighted by atomic mass is 19.2. The van der Waals surface area contributed by atoms with Gasteiger partial charge < -0.3 is 10.2 Å². The monoisotopic (exact) mass is 332 g/mol. The van der Waals surface area contributed by atoms with Crippen LogP contribution in [0.2, 0.25) is 0 Å². The number of carbonyl (C=O) groups is 2. The van der Waals surface area contributed by atoms with E-state index in [0.717, 1.165) is 17.7 Å². The topological polar surface area (TPSA) is 49.4 Å². The number of benzene rings is 2. The number of hydrogen-bond acceptors (Lipinski definition) is 2. The van der Waals surface area contributed by atoms with E-state index in [0.29, 0.717) is 13.1 Å². The molecular weight excluding hydrogens is 314 g/mol. The second-order valence-corrected chi connectivity index (χ2v) is 5.31. The third-order valence-corrected chi connectivity index (χ3v) is 3.51. The van der Waals surface area contributed by atoms with Gasteiger partial charge in [-0.25, -0.2) is 8.78 Å². The highest BCUT2D eigenvalue weighted by Crippen LogP contribution is 2.08. The lowest BCUT2D eigenvalue weighted by molar-refractivity contribution is -0.129. The largest absolute Gasteiger partial charge is 0.350 e. The van der Waals surface area contributed by atoms with E-state index < -0.39 is 17.5 Å². The maximum atomic E-state index is 13.1. The van der Waals surface area contributed by atoms with Gasteiger partial charge in [0.2, 0.25) is 5.91 Å². The molecule has 126 valence electrons. The Labute approximate surface area is 139 Å². The van der Waals surface area contributed by atoms with Gasteiger partial charge in [0.25, 0.3) is 5.91 Å². The molecule has 0 saturated heterocycles. The van der Waals surface area contributed by atoms with Crippen molar-refractivity contribution in [2.24, 2.45) is 0 Å². The molecule has 0 aliphatic heterocycles. The molecule has 0 spiro atoms. The summed E-state index contributed by atoms with van der Waals surface area (Å²) in [6, 6.07) is 12.5. The van der Waals surface area contributed by atoms with E-state index in [1.165, 1.54) is 13.0 Å². The number of carbonyl (C=O) groups excluding carboxylic acids is 2. The number of amides is 2. The van der Waals surface area contributed by atoms with Crippen LogP contribution in [0.5, 0.6) is 0 Å². The van der Waals surface area contributed by atoms with Crippen LogP contribution in [0.3, 0.4) is 0 Å². The standard InChI is InChI=1S/C18H18F2N2O2/c1-13(23)22(12-14-5-3-2-4-6-14)10-9-21-18(24)15-7-8-16(19)17(20)11-15/h2-8,11H,9-10,12H2,1H3,(H,21,24). The van der Waals surface area contributed by atoms with Crippen LogP contribution >= 0.6 is 0 Å². The first-order valence-electron chi connectivity index (χ1n) is 7.50. The first-order valence-corrected chi connectivity index (χ1v) is 7.50. The number of hydrogen-bond donors (Lipinski definition) is 1. The smallest absolute Gasteiger partial charge is 0.251 e. The van der Waals surface area contributed by atoms with Crippen LogP contribution in [-0.2, 0) is 11.3 Å². The van der Waals surface area contributed by atoms with Gasteiger partial charge in [-0.15, -0.1) is 0 Å². The maximum Gasteiger partial charge on any atom is 0.251 e. The normalized spacial score (nSPS) is 10.3. The fourth-order valence-electron chi connectivity index (χ4n) is 2.20. The summed E-state index contributed by atoms with van der Waals surface area (Å²) >= 11 is 0. The Kier molecular flexibility index (Phi) is 6.01. The number of rotatable bonds is 6. The second kappa shape index (κ2) is 8.19. The predicted octanol–water partition coefficient (Wildman–Crippen LogP) is 2.74. The molecule has 0 aromatic heterocycles. The average molecular weight is 332 g/mol. The van der Waals surface area contributed by atoms with Crippen molar-refractivity contribution in [2.45, 2.75) is 13.5 Å². The van der Waals surface area contributed by atoms with Crippen LogP contribution in [0.4, 0.5) is 8.78 Å². The first kappa shape index (κ1) is 17.6. The Hall–Kier alpha value is -2.76. The van der Waals surface area contributed by atoms with Gasteiger partial charge in [-0.3, -0.25) is 9.59 Å². The summed E-state index contributed by atoms with van der Waals surface area (Å²) in [5, 5.41) is 2.59. The average Bonchev–Trinajstić information content (AvgIpc) is 2.57. The van der Waals surface area contributed by atoms with Gasteiger partial charge in [-0.1, -0.05) is 30.3 Å². The van der Waals surface area contributed by atoms with Gasteiger partial charge in [-0.05, 0) is 23.8 Å². The van der Waals surface area contributed by atoms with Crippen molar-refractivity contribution in [1.29, 1.82) is 0 Å². The zero-order chi connectivity index (χ0) is 17.5. The minimum atomic E-state index is -1.07. The SMILES string of the molecule is CC(=O)N(CCNC(=O)c1ccc(F)c(F)c1)Cc1ccccc1. The summed E-state index contributed by atoms with van der Waals surface area (Å²) in [7, 11) is 0. The van der Waals surface area contributed by atoms with Crippen molar-refractivity contribution in [3.05, 3.63) is 71.3 Å². The molecule has 0 unspecified atom stereocenters. The van der Waals surface area contributed by atoms with Gasteiger partial charge in [0, 0.05) is 32.1 Å². The minimum Gasteiger partial charge on any atom is -0.350 e. The highest BCUT2D eigenvalue weighted by Gasteiger charge is 2.12. The molecule has 0 heterocycles. The third-order valence-electron chi connectivity index (χ3n) is 3.51. The zero-order valence-corrected chi connectivity index (χ0v) is 13.3. The number of nitrogens with one attached hydrogen (secondary N) is 1. The first-order chi connectivity index (χ1) is 11.5. The van der Waals surface area contributed by atoms with E-state index in [1.54, 1.807) is 4.90 Å².